The largest absolute Gasteiger partial charge is 0.383 e. The van der Waals surface area contributed by atoms with Crippen molar-refractivity contribution in [1.29, 1.82) is 0 Å². The van der Waals surface area contributed by atoms with Gasteiger partial charge in [-0.2, -0.15) is 5.10 Å². The van der Waals surface area contributed by atoms with Crippen LogP contribution in [0.2, 0.25) is 0 Å². The zero-order chi connectivity index (χ0) is 22.0. The Balaban J connectivity index is 1.72. The average Bonchev–Trinajstić information content (AvgIpc) is 2.79. The number of hydrogen-bond donors (Lipinski definition) is 1. The lowest BCUT2D eigenvalue weighted by Crippen LogP contribution is -2.34. The van der Waals surface area contributed by atoms with Crippen molar-refractivity contribution < 1.29 is 4.79 Å². The van der Waals surface area contributed by atoms with E-state index < -0.39 is 0 Å². The first-order valence-corrected chi connectivity index (χ1v) is 10.9. The fraction of sp³-hybridized carbons (Fsp3) is 0.143. The number of hydrogen-bond acceptors (Lipinski definition) is 7. The zero-order valence-electron chi connectivity index (χ0n) is 16.4. The molecule has 4 aromatic rings. The molecule has 0 aliphatic carbocycles. The predicted octanol–water partition coefficient (Wildman–Crippen LogP) is 4.33. The Morgan fingerprint density at radius 1 is 1.10 bits per heavy atom. The van der Waals surface area contributed by atoms with Gasteiger partial charge in [0.1, 0.15) is 16.2 Å². The van der Waals surface area contributed by atoms with Gasteiger partial charge in [-0.05, 0) is 81.2 Å². The maximum Gasteiger partial charge on any atom is 0.254 e. The normalized spacial score (nSPS) is 12.0. The molecule has 0 aliphatic rings. The highest BCUT2D eigenvalue weighted by Gasteiger charge is 2.26. The number of pyridine rings is 1. The number of aromatic nitrogens is 5. The van der Waals surface area contributed by atoms with Crippen LogP contribution in [-0.2, 0) is 6.54 Å². The summed E-state index contributed by atoms with van der Waals surface area (Å²) >= 11 is 6.68. The van der Waals surface area contributed by atoms with Crippen LogP contribution >= 0.6 is 31.9 Å². The first-order chi connectivity index (χ1) is 14.9. The van der Waals surface area contributed by atoms with Crippen molar-refractivity contribution >= 4 is 54.5 Å². The second kappa shape index (κ2) is 9.03. The fourth-order valence-corrected chi connectivity index (χ4v) is 3.66. The van der Waals surface area contributed by atoms with Crippen molar-refractivity contribution in [3.63, 3.8) is 0 Å². The summed E-state index contributed by atoms with van der Waals surface area (Å²) in [6.45, 7) is 2.14. The molecule has 0 bridgehead atoms. The summed E-state index contributed by atoms with van der Waals surface area (Å²) in [6.07, 6.45) is 3.31. The minimum absolute atomic E-state index is 0.181. The Bertz CT molecular complexity index is 1240. The van der Waals surface area contributed by atoms with Crippen LogP contribution in [0, 0.1) is 0 Å². The third-order valence-electron chi connectivity index (χ3n) is 4.75. The summed E-state index contributed by atoms with van der Waals surface area (Å²) in [5, 5.41) is 9.01. The van der Waals surface area contributed by atoms with Gasteiger partial charge in [0.15, 0.2) is 0 Å². The maximum absolute atomic E-state index is 13.6. The Kier molecular flexibility index (Phi) is 6.19. The average molecular weight is 543 g/mol. The Labute approximate surface area is 195 Å². The van der Waals surface area contributed by atoms with E-state index in [1.807, 2.05) is 19.1 Å². The van der Waals surface area contributed by atoms with Crippen molar-refractivity contribution in [2.75, 3.05) is 5.73 Å². The first-order valence-electron chi connectivity index (χ1n) is 9.34. The molecule has 31 heavy (non-hydrogen) atoms. The van der Waals surface area contributed by atoms with E-state index in [1.54, 1.807) is 47.6 Å². The highest BCUT2D eigenvalue weighted by Crippen LogP contribution is 2.26. The molecule has 0 saturated heterocycles. The molecular formula is C21H17Br2N7O. The van der Waals surface area contributed by atoms with Gasteiger partial charge in [-0.15, -0.1) is 5.10 Å². The molecule has 1 atom stereocenters. The third kappa shape index (κ3) is 4.70. The summed E-state index contributed by atoms with van der Waals surface area (Å²) in [5.41, 5.74) is 7.74. The molecule has 3 heterocycles. The van der Waals surface area contributed by atoms with Gasteiger partial charge in [0, 0.05) is 23.3 Å². The highest BCUT2D eigenvalue weighted by molar-refractivity contribution is 9.10. The van der Waals surface area contributed by atoms with E-state index in [-0.39, 0.29) is 18.5 Å². The van der Waals surface area contributed by atoms with Crippen LogP contribution in [0.1, 0.15) is 34.8 Å². The van der Waals surface area contributed by atoms with Gasteiger partial charge < -0.3 is 10.6 Å². The van der Waals surface area contributed by atoms with Crippen molar-refractivity contribution in [2.24, 2.45) is 0 Å². The lowest BCUT2D eigenvalue weighted by Gasteiger charge is -2.28. The van der Waals surface area contributed by atoms with Crippen molar-refractivity contribution in [2.45, 2.75) is 19.5 Å². The fourth-order valence-electron chi connectivity index (χ4n) is 3.12. The number of halogens is 2. The molecule has 1 amide bonds. The number of nitrogen functional groups attached to an aromatic ring is 1. The number of benzene rings is 1. The van der Waals surface area contributed by atoms with Gasteiger partial charge in [-0.3, -0.25) is 4.79 Å². The van der Waals surface area contributed by atoms with E-state index in [1.165, 1.54) is 0 Å². The minimum Gasteiger partial charge on any atom is -0.383 e. The van der Waals surface area contributed by atoms with E-state index in [0.717, 1.165) is 5.39 Å². The van der Waals surface area contributed by atoms with Gasteiger partial charge in [-0.25, -0.2) is 15.0 Å². The topological polar surface area (TPSA) is 111 Å². The molecule has 3 aromatic heterocycles. The number of nitrogens with zero attached hydrogens (tertiary/aromatic N) is 6. The van der Waals surface area contributed by atoms with E-state index in [0.29, 0.717) is 37.5 Å². The SMILES string of the molecule is C[C@H](c1ncccn1)N(Cc1ccc(Br)nn1)C(=O)c1ccc2nc(N)c(Br)cc2c1. The monoisotopic (exact) mass is 541 g/mol. The van der Waals surface area contributed by atoms with Gasteiger partial charge >= 0.3 is 0 Å². The van der Waals surface area contributed by atoms with Crippen LogP contribution in [0.25, 0.3) is 10.9 Å². The molecule has 0 unspecified atom stereocenters. The summed E-state index contributed by atoms with van der Waals surface area (Å²) in [5.74, 6) is 0.760. The molecule has 156 valence electrons. The molecule has 0 fully saturated rings. The van der Waals surface area contributed by atoms with E-state index in [2.05, 4.69) is 57.0 Å². The maximum atomic E-state index is 13.6. The number of fused-ring (bicyclic) bond motifs is 1. The molecule has 8 nitrogen and oxygen atoms in total. The van der Waals surface area contributed by atoms with Crippen LogP contribution in [-0.4, -0.2) is 36.0 Å². The molecule has 1 aromatic carbocycles. The zero-order valence-corrected chi connectivity index (χ0v) is 19.6. The molecule has 4 rings (SSSR count). The number of anilines is 1. The lowest BCUT2D eigenvalue weighted by molar-refractivity contribution is 0.0663. The summed E-state index contributed by atoms with van der Waals surface area (Å²) in [7, 11) is 0. The third-order valence-corrected chi connectivity index (χ3v) is 5.81. The predicted molar refractivity (Wildman–Crippen MR) is 124 cm³/mol. The van der Waals surface area contributed by atoms with Crippen LogP contribution in [0.3, 0.4) is 0 Å². The number of rotatable bonds is 5. The molecule has 2 N–H and O–H groups in total. The standard InChI is InChI=1S/C21H17Br2N7O/c1-12(20-25-7-2-8-26-20)30(11-15-4-6-18(23)29-28-15)21(31)13-3-5-17-14(9-13)10-16(22)19(24)27-17/h2-10,12H,11H2,1H3,(H2,24,27)/t12-/m1/s1. The number of nitrogens with two attached hydrogens (primary N) is 1. The lowest BCUT2D eigenvalue weighted by atomic mass is 10.1. The van der Waals surface area contributed by atoms with Crippen molar-refractivity contribution in [3.8, 4) is 0 Å². The van der Waals surface area contributed by atoms with Gasteiger partial charge in [0.2, 0.25) is 0 Å². The van der Waals surface area contributed by atoms with Gasteiger partial charge in [0.25, 0.3) is 5.91 Å². The van der Waals surface area contributed by atoms with Crippen LogP contribution in [0.5, 0.6) is 0 Å². The Morgan fingerprint density at radius 2 is 1.87 bits per heavy atom. The molecule has 10 heteroatoms. The van der Waals surface area contributed by atoms with E-state index in [4.69, 9.17) is 5.73 Å². The van der Waals surface area contributed by atoms with Crippen molar-refractivity contribution in [1.82, 2.24) is 30.0 Å². The Hall–Kier alpha value is -2.98. The van der Waals surface area contributed by atoms with E-state index in [9.17, 15) is 4.79 Å². The highest BCUT2D eigenvalue weighted by atomic mass is 79.9. The Morgan fingerprint density at radius 3 is 2.58 bits per heavy atom. The first kappa shape index (κ1) is 21.3. The molecule has 0 aliphatic heterocycles. The van der Waals surface area contributed by atoms with Gasteiger partial charge in [0.05, 0.1) is 28.3 Å². The van der Waals surface area contributed by atoms with E-state index >= 15 is 0 Å². The summed E-state index contributed by atoms with van der Waals surface area (Å²) < 4.78 is 1.30. The molecular weight excluding hydrogens is 526 g/mol. The van der Waals surface area contributed by atoms with Gasteiger partial charge in [-0.1, -0.05) is 0 Å². The summed E-state index contributed by atoms with van der Waals surface area (Å²) in [6, 6.07) is 12.1. The molecule has 0 radical (unpaired) electrons. The molecule has 0 spiro atoms. The molecule has 0 saturated carbocycles. The smallest absolute Gasteiger partial charge is 0.254 e. The van der Waals surface area contributed by atoms with Crippen LogP contribution < -0.4 is 5.73 Å². The van der Waals surface area contributed by atoms with Crippen LogP contribution in [0.15, 0.2) is 63.9 Å². The number of carbonyl (C=O) groups excluding carboxylic acids is 1. The summed E-state index contributed by atoms with van der Waals surface area (Å²) in [4.78, 5) is 28.2. The minimum atomic E-state index is -0.383. The quantitative estimate of drug-likeness (QED) is 0.399. The second-order valence-corrected chi connectivity index (χ2v) is 8.49. The number of carbonyl (C=O) groups is 1. The van der Waals surface area contributed by atoms with Crippen LogP contribution in [0.4, 0.5) is 5.82 Å². The number of amides is 1. The second-order valence-electron chi connectivity index (χ2n) is 6.83. The van der Waals surface area contributed by atoms with Crippen molar-refractivity contribution in [3.05, 3.63) is 81.0 Å².